The summed E-state index contributed by atoms with van der Waals surface area (Å²) in [6.07, 6.45) is 26.3. The standard InChI is InChI=1S/C41H68O2/c1-25(2)43-37-24-40(5)27(23-36(37)42)13-15-29-31-16-17-34(39(31,4)22-19-32(29)40)35-10-7-9-26-12-14-28-30-11-8-20-38(30,3)21-18-33(28)41(26,35)6/h25-37,42H,7-24H2,1-6H3/t26?,27?,28-,29-,30-,31-,32+,33+,34?,35?,36?,37?,38-,39-,40-,41-/m0/s1. The molecule has 2 heteroatoms. The average molecular weight is 593 g/mol. The van der Waals surface area contributed by atoms with E-state index in [0.717, 1.165) is 66.1 Å². The van der Waals surface area contributed by atoms with Crippen LogP contribution in [0.4, 0.5) is 0 Å². The molecule has 0 aromatic rings. The van der Waals surface area contributed by atoms with Crippen LogP contribution in [0.25, 0.3) is 0 Å². The Bertz CT molecular complexity index is 1050. The van der Waals surface area contributed by atoms with Crippen molar-refractivity contribution in [2.45, 2.75) is 175 Å². The molecule has 16 atom stereocenters. The molecule has 0 aliphatic heterocycles. The summed E-state index contributed by atoms with van der Waals surface area (Å²) in [6.45, 7) is 15.4. The lowest BCUT2D eigenvalue weighted by Gasteiger charge is -2.66. The molecular weight excluding hydrogens is 524 g/mol. The lowest BCUT2D eigenvalue weighted by Crippen LogP contribution is -2.59. The van der Waals surface area contributed by atoms with E-state index in [1.54, 1.807) is 38.5 Å². The molecule has 8 fully saturated rings. The molecule has 2 nitrogen and oxygen atoms in total. The minimum absolute atomic E-state index is 0.0419. The van der Waals surface area contributed by atoms with Gasteiger partial charge in [-0.15, -0.1) is 0 Å². The normalized spacial score (nSPS) is 59.4. The Kier molecular flexibility index (Phi) is 7.36. The van der Waals surface area contributed by atoms with Gasteiger partial charge in [-0.3, -0.25) is 0 Å². The number of hydrogen-bond acceptors (Lipinski definition) is 2. The van der Waals surface area contributed by atoms with E-state index in [1.165, 1.54) is 64.2 Å². The zero-order valence-corrected chi connectivity index (χ0v) is 29.1. The van der Waals surface area contributed by atoms with Gasteiger partial charge in [0.1, 0.15) is 0 Å². The van der Waals surface area contributed by atoms with E-state index in [2.05, 4.69) is 41.5 Å². The quantitative estimate of drug-likeness (QED) is 0.353. The molecule has 244 valence electrons. The van der Waals surface area contributed by atoms with E-state index in [4.69, 9.17) is 4.74 Å². The second-order valence-electron chi connectivity index (χ2n) is 19.8. The Morgan fingerprint density at radius 2 is 1.26 bits per heavy atom. The van der Waals surface area contributed by atoms with Crippen molar-refractivity contribution in [1.82, 2.24) is 0 Å². The third-order valence-corrected chi connectivity index (χ3v) is 18.3. The molecule has 43 heavy (non-hydrogen) atoms. The van der Waals surface area contributed by atoms with Crippen LogP contribution in [-0.4, -0.2) is 23.4 Å². The highest BCUT2D eigenvalue weighted by Crippen LogP contribution is 2.74. The smallest absolute Gasteiger partial charge is 0.0842 e. The Labute approximate surface area is 265 Å². The Balaban J connectivity index is 1.06. The molecule has 0 amide bonds. The number of hydrogen-bond donors (Lipinski definition) is 1. The summed E-state index contributed by atoms with van der Waals surface area (Å²) >= 11 is 0. The first-order chi connectivity index (χ1) is 20.5. The molecule has 6 unspecified atom stereocenters. The van der Waals surface area contributed by atoms with Gasteiger partial charge in [-0.1, -0.05) is 40.5 Å². The Morgan fingerprint density at radius 1 is 0.581 bits per heavy atom. The third-order valence-electron chi connectivity index (χ3n) is 18.3. The predicted molar refractivity (Wildman–Crippen MR) is 176 cm³/mol. The predicted octanol–water partition coefficient (Wildman–Crippen LogP) is 10.5. The first kappa shape index (κ1) is 30.3. The van der Waals surface area contributed by atoms with Gasteiger partial charge in [0.05, 0.1) is 18.3 Å². The summed E-state index contributed by atoms with van der Waals surface area (Å²) in [5, 5.41) is 11.1. The maximum absolute atomic E-state index is 11.1. The van der Waals surface area contributed by atoms with Gasteiger partial charge in [0.25, 0.3) is 0 Å². The molecule has 0 saturated heterocycles. The molecule has 0 aromatic heterocycles. The molecule has 0 aromatic carbocycles. The van der Waals surface area contributed by atoms with E-state index < -0.39 is 0 Å². The number of fused-ring (bicyclic) bond motifs is 10. The average Bonchev–Trinajstić information content (AvgIpc) is 3.52. The third kappa shape index (κ3) is 4.28. The van der Waals surface area contributed by atoms with Gasteiger partial charge in [-0.2, -0.15) is 0 Å². The number of aliphatic hydroxyl groups excluding tert-OH is 1. The van der Waals surface area contributed by atoms with Crippen LogP contribution >= 0.6 is 0 Å². The van der Waals surface area contributed by atoms with Crippen molar-refractivity contribution in [3.63, 3.8) is 0 Å². The maximum atomic E-state index is 11.1. The lowest BCUT2D eigenvalue weighted by atomic mass is 9.39. The number of ether oxygens (including phenoxy) is 1. The van der Waals surface area contributed by atoms with Gasteiger partial charge < -0.3 is 9.84 Å². The van der Waals surface area contributed by atoms with Gasteiger partial charge in [-0.05, 0) is 197 Å². The highest BCUT2D eigenvalue weighted by atomic mass is 16.5. The van der Waals surface area contributed by atoms with Crippen LogP contribution in [0.2, 0.25) is 0 Å². The Hall–Kier alpha value is -0.0800. The molecule has 8 rings (SSSR count). The van der Waals surface area contributed by atoms with Crippen molar-refractivity contribution < 1.29 is 9.84 Å². The van der Waals surface area contributed by atoms with E-state index in [1.807, 2.05) is 0 Å². The fourth-order valence-corrected chi connectivity index (χ4v) is 16.5. The maximum Gasteiger partial charge on any atom is 0.0842 e. The fourth-order valence-electron chi connectivity index (χ4n) is 16.5. The molecule has 8 aliphatic rings. The van der Waals surface area contributed by atoms with E-state index in [9.17, 15) is 5.11 Å². The van der Waals surface area contributed by atoms with Crippen molar-refractivity contribution in [3.05, 3.63) is 0 Å². The summed E-state index contributed by atoms with van der Waals surface area (Å²) in [4.78, 5) is 0. The molecule has 8 saturated carbocycles. The van der Waals surface area contributed by atoms with E-state index >= 15 is 0 Å². The molecule has 0 bridgehead atoms. The zero-order chi connectivity index (χ0) is 29.9. The number of rotatable bonds is 3. The molecule has 0 heterocycles. The number of aliphatic hydroxyl groups is 1. The summed E-state index contributed by atoms with van der Waals surface area (Å²) in [5.74, 6) is 9.48. The van der Waals surface area contributed by atoms with Crippen LogP contribution in [0, 0.1) is 80.8 Å². The van der Waals surface area contributed by atoms with E-state index in [-0.39, 0.29) is 18.3 Å². The first-order valence-electron chi connectivity index (χ1n) is 19.8. The zero-order valence-electron chi connectivity index (χ0n) is 29.1. The first-order valence-corrected chi connectivity index (χ1v) is 19.8. The van der Waals surface area contributed by atoms with Crippen molar-refractivity contribution in [2.75, 3.05) is 0 Å². The highest BCUT2D eigenvalue weighted by Gasteiger charge is 2.66. The second kappa shape index (κ2) is 10.5. The largest absolute Gasteiger partial charge is 0.390 e. The van der Waals surface area contributed by atoms with Gasteiger partial charge in [0, 0.05) is 0 Å². The van der Waals surface area contributed by atoms with Gasteiger partial charge >= 0.3 is 0 Å². The summed E-state index contributed by atoms with van der Waals surface area (Å²) in [7, 11) is 0. The highest BCUT2D eigenvalue weighted by molar-refractivity contribution is 5.15. The molecule has 0 radical (unpaired) electrons. The fraction of sp³-hybridized carbons (Fsp3) is 1.00. The summed E-state index contributed by atoms with van der Waals surface area (Å²) in [6, 6.07) is 0. The molecule has 8 aliphatic carbocycles. The monoisotopic (exact) mass is 593 g/mol. The van der Waals surface area contributed by atoms with Crippen molar-refractivity contribution in [3.8, 4) is 0 Å². The van der Waals surface area contributed by atoms with Crippen LogP contribution in [0.15, 0.2) is 0 Å². The minimum atomic E-state index is -0.261. The Morgan fingerprint density at radius 3 is 2.05 bits per heavy atom. The van der Waals surface area contributed by atoms with Gasteiger partial charge in [0.2, 0.25) is 0 Å². The molecule has 1 N–H and O–H groups in total. The minimum Gasteiger partial charge on any atom is -0.390 e. The van der Waals surface area contributed by atoms with Crippen LogP contribution < -0.4 is 0 Å². The van der Waals surface area contributed by atoms with Gasteiger partial charge in [0.15, 0.2) is 0 Å². The second-order valence-corrected chi connectivity index (χ2v) is 19.8. The van der Waals surface area contributed by atoms with Crippen molar-refractivity contribution >= 4 is 0 Å². The summed E-state index contributed by atoms with van der Waals surface area (Å²) in [5.41, 5.74) is 2.21. The van der Waals surface area contributed by atoms with E-state index in [0.29, 0.717) is 27.6 Å². The topological polar surface area (TPSA) is 29.5 Å². The van der Waals surface area contributed by atoms with Gasteiger partial charge in [-0.25, -0.2) is 0 Å². The molecule has 0 spiro atoms. The summed E-state index contributed by atoms with van der Waals surface area (Å²) < 4.78 is 6.39. The van der Waals surface area contributed by atoms with Crippen LogP contribution in [0.3, 0.4) is 0 Å². The van der Waals surface area contributed by atoms with Crippen LogP contribution in [0.1, 0.15) is 157 Å². The lowest BCUT2D eigenvalue weighted by molar-refractivity contribution is -0.189. The SMILES string of the molecule is CC(C)OC1C[C@@]2(C)C(CC[C@@H]3[C@H]2CC[C@]2(C)C(C4CCCC5CC[C@@H]6[C@@H](CC[C@]7(C)CCC[C@@H]67)[C@]54C)CC[C@@H]32)CC1O. The molecular formula is C41H68O2. The van der Waals surface area contributed by atoms with Crippen LogP contribution in [-0.2, 0) is 4.74 Å². The van der Waals surface area contributed by atoms with Crippen molar-refractivity contribution in [2.24, 2.45) is 80.8 Å². The van der Waals surface area contributed by atoms with Crippen molar-refractivity contribution in [1.29, 1.82) is 0 Å². The van der Waals surface area contributed by atoms with Crippen LogP contribution in [0.5, 0.6) is 0 Å².